The lowest BCUT2D eigenvalue weighted by molar-refractivity contribution is -0.155. The number of phenolic OH excluding ortho intramolecular Hbond substituents is 1. The van der Waals surface area contributed by atoms with Gasteiger partial charge in [0.05, 0.1) is 11.5 Å². The van der Waals surface area contributed by atoms with Gasteiger partial charge in [-0.05, 0) is 98.5 Å². The first-order valence-corrected chi connectivity index (χ1v) is 17.1. The molecule has 0 spiro atoms. The van der Waals surface area contributed by atoms with E-state index in [0.29, 0.717) is 31.4 Å². The van der Waals surface area contributed by atoms with E-state index in [1.165, 1.54) is 11.8 Å². The molecule has 242 valence electrons. The van der Waals surface area contributed by atoms with Crippen LogP contribution in [0.25, 0.3) is 0 Å². The molecular formula is C34H44N4O6S. The fourth-order valence-electron chi connectivity index (χ4n) is 8.14. The second-order valence-electron chi connectivity index (χ2n) is 13.4. The molecule has 2 aromatic carbocycles. The smallest absolute Gasteiger partial charge is 0.326 e. The van der Waals surface area contributed by atoms with E-state index in [1.807, 2.05) is 36.6 Å². The number of carboxylic acids is 1. The lowest BCUT2D eigenvalue weighted by atomic mass is 9.46. The molecule has 4 bridgehead atoms. The molecule has 0 aromatic heterocycles. The van der Waals surface area contributed by atoms with Crippen molar-refractivity contribution in [3.05, 3.63) is 65.7 Å². The van der Waals surface area contributed by atoms with Gasteiger partial charge in [-0.1, -0.05) is 42.5 Å². The minimum atomic E-state index is -1.11. The van der Waals surface area contributed by atoms with E-state index in [0.717, 1.165) is 30.4 Å². The standard InChI is InChI=1S/C34H44N4O6S/c1-45-12-11-27(31(42)43)36-30(41)28(15-21-5-3-2-4-6-21)37-32(44)33-16-23-13-24(17-33)19-34(18-23,20-33)38-29(40)26(35)14-22-7-9-25(39)10-8-22/h2-10,23-24,26-28,39H,11-20,35H2,1H3,(H,36,41)(H,37,44)(H,38,40)(H,42,43)/t23?,24?,26-,27-,28-,33?,34?/m0/s1. The summed E-state index contributed by atoms with van der Waals surface area (Å²) in [5.41, 5.74) is 6.75. The number of carbonyl (C=O) groups excluding carboxylic acids is 3. The van der Waals surface area contributed by atoms with E-state index < -0.39 is 41.0 Å². The fourth-order valence-corrected chi connectivity index (χ4v) is 8.61. The van der Waals surface area contributed by atoms with Crippen molar-refractivity contribution in [2.75, 3.05) is 12.0 Å². The molecule has 0 saturated heterocycles. The number of amides is 3. The highest BCUT2D eigenvalue weighted by Crippen LogP contribution is 2.61. The van der Waals surface area contributed by atoms with Crippen molar-refractivity contribution < 1.29 is 29.4 Å². The fraction of sp³-hybridized carbons (Fsp3) is 0.529. The molecular weight excluding hydrogens is 592 g/mol. The summed E-state index contributed by atoms with van der Waals surface area (Å²) in [6.07, 6.45) is 7.16. The van der Waals surface area contributed by atoms with Crippen molar-refractivity contribution in [3.8, 4) is 5.75 Å². The van der Waals surface area contributed by atoms with Crippen LogP contribution in [0.1, 0.15) is 56.1 Å². The highest BCUT2D eigenvalue weighted by atomic mass is 32.2. The van der Waals surface area contributed by atoms with E-state index in [-0.39, 0.29) is 42.2 Å². The number of hydrogen-bond donors (Lipinski definition) is 6. The Morgan fingerprint density at radius 3 is 2.16 bits per heavy atom. The Kier molecular flexibility index (Phi) is 10.1. The van der Waals surface area contributed by atoms with E-state index in [2.05, 4.69) is 16.0 Å². The molecule has 4 aliphatic carbocycles. The van der Waals surface area contributed by atoms with Crippen molar-refractivity contribution in [1.82, 2.24) is 16.0 Å². The molecule has 10 nitrogen and oxygen atoms in total. The van der Waals surface area contributed by atoms with E-state index in [1.54, 1.807) is 24.3 Å². The molecule has 11 heteroatoms. The monoisotopic (exact) mass is 636 g/mol. The predicted molar refractivity (Wildman–Crippen MR) is 172 cm³/mol. The number of hydrogen-bond acceptors (Lipinski definition) is 7. The van der Waals surface area contributed by atoms with Crippen LogP contribution in [0.2, 0.25) is 0 Å². The van der Waals surface area contributed by atoms with Crippen molar-refractivity contribution >= 4 is 35.5 Å². The summed E-state index contributed by atoms with van der Waals surface area (Å²) < 4.78 is 0. The third kappa shape index (κ3) is 7.81. The third-order valence-electron chi connectivity index (χ3n) is 9.79. The summed E-state index contributed by atoms with van der Waals surface area (Å²) in [6, 6.07) is 13.2. The Bertz CT molecular complexity index is 1370. The Morgan fingerprint density at radius 1 is 0.889 bits per heavy atom. The largest absolute Gasteiger partial charge is 0.508 e. The number of benzene rings is 2. The number of carbonyl (C=O) groups is 4. The molecule has 0 aliphatic heterocycles. The van der Waals surface area contributed by atoms with Gasteiger partial charge in [-0.15, -0.1) is 0 Å². The Labute approximate surface area is 268 Å². The van der Waals surface area contributed by atoms with Gasteiger partial charge in [-0.25, -0.2) is 4.79 Å². The second-order valence-corrected chi connectivity index (χ2v) is 14.4. The SMILES string of the molecule is CSCC[C@H](NC(=O)[C@H](Cc1ccccc1)NC(=O)C12CC3CC(CC(NC(=O)[C@@H](N)Cc4ccc(O)cc4)(C3)C1)C2)C(=O)O. The molecule has 5 atom stereocenters. The van der Waals surface area contributed by atoms with Gasteiger partial charge in [0.15, 0.2) is 0 Å². The van der Waals surface area contributed by atoms with Crippen molar-refractivity contribution in [1.29, 1.82) is 0 Å². The van der Waals surface area contributed by atoms with Crippen molar-refractivity contribution in [3.63, 3.8) is 0 Å². The number of phenols is 1. The normalized spacial score (nSPS) is 26.8. The minimum Gasteiger partial charge on any atom is -0.508 e. The zero-order valence-electron chi connectivity index (χ0n) is 25.7. The van der Waals surface area contributed by atoms with Crippen LogP contribution in [0.5, 0.6) is 5.75 Å². The van der Waals surface area contributed by atoms with Gasteiger partial charge >= 0.3 is 5.97 Å². The van der Waals surface area contributed by atoms with Gasteiger partial charge < -0.3 is 31.9 Å². The maximum absolute atomic E-state index is 14.3. The number of carboxylic acid groups (broad SMARTS) is 1. The molecule has 6 rings (SSSR count). The molecule has 4 aliphatic rings. The first-order chi connectivity index (χ1) is 21.5. The van der Waals surface area contributed by atoms with Crippen LogP contribution >= 0.6 is 11.8 Å². The molecule has 0 radical (unpaired) electrons. The molecule has 7 N–H and O–H groups in total. The topological polar surface area (TPSA) is 171 Å². The van der Waals surface area contributed by atoms with Gasteiger partial charge in [0.25, 0.3) is 0 Å². The lowest BCUT2D eigenvalue weighted by Crippen LogP contribution is -2.68. The van der Waals surface area contributed by atoms with Gasteiger partial charge in [-0.3, -0.25) is 14.4 Å². The quantitative estimate of drug-likeness (QED) is 0.184. The van der Waals surface area contributed by atoms with Crippen molar-refractivity contribution in [2.24, 2.45) is 23.0 Å². The maximum atomic E-state index is 14.3. The van der Waals surface area contributed by atoms with Crippen LogP contribution in [0.15, 0.2) is 54.6 Å². The van der Waals surface area contributed by atoms with Crippen LogP contribution in [-0.4, -0.2) is 69.6 Å². The Balaban J connectivity index is 1.31. The first-order valence-electron chi connectivity index (χ1n) is 15.7. The second kappa shape index (κ2) is 13.8. The van der Waals surface area contributed by atoms with E-state index >= 15 is 0 Å². The minimum absolute atomic E-state index is 0.148. The number of aliphatic carboxylic acids is 1. The van der Waals surface area contributed by atoms with Crippen LogP contribution in [-0.2, 0) is 32.0 Å². The zero-order chi connectivity index (χ0) is 32.2. The average molecular weight is 637 g/mol. The maximum Gasteiger partial charge on any atom is 0.326 e. The number of nitrogens with one attached hydrogen (secondary N) is 3. The molecule has 2 unspecified atom stereocenters. The first kappa shape index (κ1) is 32.8. The summed E-state index contributed by atoms with van der Waals surface area (Å²) in [5, 5.41) is 28.3. The summed E-state index contributed by atoms with van der Waals surface area (Å²) in [6.45, 7) is 0. The van der Waals surface area contributed by atoms with E-state index in [4.69, 9.17) is 5.73 Å². The molecule has 45 heavy (non-hydrogen) atoms. The highest BCUT2D eigenvalue weighted by molar-refractivity contribution is 7.98. The molecule has 0 heterocycles. The van der Waals surface area contributed by atoms with Gasteiger partial charge in [0, 0.05) is 12.0 Å². The van der Waals surface area contributed by atoms with Crippen LogP contribution in [0.4, 0.5) is 0 Å². The number of nitrogens with two attached hydrogens (primary N) is 1. The molecule has 4 saturated carbocycles. The molecule has 3 amide bonds. The Hall–Kier alpha value is -3.57. The summed E-state index contributed by atoms with van der Waals surface area (Å²) in [7, 11) is 0. The highest BCUT2D eigenvalue weighted by Gasteiger charge is 2.61. The Morgan fingerprint density at radius 2 is 1.53 bits per heavy atom. The van der Waals surface area contributed by atoms with Gasteiger partial charge in [0.2, 0.25) is 17.7 Å². The summed E-state index contributed by atoms with van der Waals surface area (Å²) in [5.74, 6) is -0.828. The molecule has 4 fully saturated rings. The number of aromatic hydroxyl groups is 1. The summed E-state index contributed by atoms with van der Waals surface area (Å²) in [4.78, 5) is 53.1. The predicted octanol–water partition coefficient (Wildman–Crippen LogP) is 2.77. The number of rotatable bonds is 14. The number of thioether (sulfide) groups is 1. The lowest BCUT2D eigenvalue weighted by Gasteiger charge is -2.61. The van der Waals surface area contributed by atoms with Crippen LogP contribution in [0.3, 0.4) is 0 Å². The third-order valence-corrected chi connectivity index (χ3v) is 10.4. The van der Waals surface area contributed by atoms with Gasteiger partial charge in [0.1, 0.15) is 17.8 Å². The molecule has 2 aromatic rings. The van der Waals surface area contributed by atoms with Crippen LogP contribution in [0, 0.1) is 17.3 Å². The summed E-state index contributed by atoms with van der Waals surface area (Å²) >= 11 is 1.50. The van der Waals surface area contributed by atoms with E-state index in [9.17, 15) is 29.4 Å². The van der Waals surface area contributed by atoms with Gasteiger partial charge in [-0.2, -0.15) is 11.8 Å². The zero-order valence-corrected chi connectivity index (χ0v) is 26.5. The van der Waals surface area contributed by atoms with Crippen LogP contribution < -0.4 is 21.7 Å². The average Bonchev–Trinajstić information content (AvgIpc) is 2.99. The van der Waals surface area contributed by atoms with Crippen molar-refractivity contribution in [2.45, 2.75) is 81.5 Å².